The lowest BCUT2D eigenvalue weighted by molar-refractivity contribution is -0.134. The first kappa shape index (κ1) is 23.9. The van der Waals surface area contributed by atoms with Crippen LogP contribution in [0.5, 0.6) is 11.5 Å². The molecule has 0 aliphatic carbocycles. The Balaban J connectivity index is 1.26. The molecule has 9 heteroatoms. The van der Waals surface area contributed by atoms with Crippen LogP contribution in [0.3, 0.4) is 0 Å². The van der Waals surface area contributed by atoms with Crippen LogP contribution in [0.4, 0.5) is 0 Å². The van der Waals surface area contributed by atoms with Gasteiger partial charge in [0.2, 0.25) is 18.1 Å². The molecule has 5 rings (SSSR count). The minimum atomic E-state index is -0.750. The number of piperazine rings is 1. The normalized spacial score (nSPS) is 16.2. The second-order valence-electron chi connectivity index (χ2n) is 9.16. The van der Waals surface area contributed by atoms with Gasteiger partial charge in [-0.15, -0.1) is 0 Å². The topological polar surface area (TPSA) is 93.1 Å². The van der Waals surface area contributed by atoms with Crippen molar-refractivity contribution < 1.29 is 19.1 Å². The molecule has 1 N–H and O–H groups in total. The number of amides is 2. The van der Waals surface area contributed by atoms with E-state index in [0.717, 1.165) is 19.6 Å². The van der Waals surface area contributed by atoms with E-state index in [2.05, 4.69) is 22.3 Å². The van der Waals surface area contributed by atoms with Gasteiger partial charge in [0.15, 0.2) is 11.5 Å². The number of nitrogens with one attached hydrogen (secondary N) is 1. The van der Waals surface area contributed by atoms with Gasteiger partial charge in [0.05, 0.1) is 10.9 Å². The molecule has 188 valence electrons. The number of hydrogen-bond acceptors (Lipinski definition) is 6. The molecule has 0 bridgehead atoms. The van der Waals surface area contributed by atoms with E-state index >= 15 is 0 Å². The zero-order chi connectivity index (χ0) is 25.2. The number of pyridine rings is 1. The first-order valence-corrected chi connectivity index (χ1v) is 12.3. The van der Waals surface area contributed by atoms with Crippen LogP contribution in [0.25, 0.3) is 10.9 Å². The second-order valence-corrected chi connectivity index (χ2v) is 9.16. The fourth-order valence-electron chi connectivity index (χ4n) is 4.78. The summed E-state index contributed by atoms with van der Waals surface area (Å²) in [5, 5.41) is 3.12. The van der Waals surface area contributed by atoms with E-state index in [4.69, 9.17) is 9.47 Å². The van der Waals surface area contributed by atoms with Gasteiger partial charge in [-0.05, 0) is 25.5 Å². The van der Waals surface area contributed by atoms with Crippen molar-refractivity contribution in [2.45, 2.75) is 33.0 Å². The van der Waals surface area contributed by atoms with Crippen molar-refractivity contribution >= 4 is 22.7 Å². The zero-order valence-electron chi connectivity index (χ0n) is 20.5. The predicted molar refractivity (Wildman–Crippen MR) is 135 cm³/mol. The summed E-state index contributed by atoms with van der Waals surface area (Å²) < 4.78 is 12.7. The van der Waals surface area contributed by atoms with E-state index in [1.165, 1.54) is 5.56 Å². The summed E-state index contributed by atoms with van der Waals surface area (Å²) in [6, 6.07) is 12.9. The van der Waals surface area contributed by atoms with E-state index in [1.807, 2.05) is 29.7 Å². The first-order chi connectivity index (χ1) is 17.4. The Morgan fingerprint density at radius 3 is 2.42 bits per heavy atom. The Morgan fingerprint density at radius 1 is 1.03 bits per heavy atom. The van der Waals surface area contributed by atoms with Crippen molar-refractivity contribution in [2.75, 3.05) is 33.0 Å². The smallest absolute Gasteiger partial charge is 0.257 e. The van der Waals surface area contributed by atoms with Crippen molar-refractivity contribution in [2.24, 2.45) is 0 Å². The van der Waals surface area contributed by atoms with Gasteiger partial charge in [0.1, 0.15) is 11.6 Å². The average molecular weight is 491 g/mol. The van der Waals surface area contributed by atoms with E-state index in [0.29, 0.717) is 42.0 Å². The monoisotopic (exact) mass is 490 g/mol. The van der Waals surface area contributed by atoms with Crippen LogP contribution in [0.2, 0.25) is 0 Å². The fourth-order valence-corrected chi connectivity index (χ4v) is 4.78. The molecule has 0 spiro atoms. The maximum atomic E-state index is 13.2. The third-order valence-electron chi connectivity index (χ3n) is 6.81. The molecule has 1 saturated heterocycles. The van der Waals surface area contributed by atoms with Gasteiger partial charge in [-0.2, -0.15) is 0 Å². The summed E-state index contributed by atoms with van der Waals surface area (Å²) in [7, 11) is 0. The molecule has 1 fully saturated rings. The van der Waals surface area contributed by atoms with Crippen LogP contribution in [0.15, 0.2) is 53.5 Å². The third-order valence-corrected chi connectivity index (χ3v) is 6.81. The maximum Gasteiger partial charge on any atom is 0.257 e. The molecule has 2 aromatic carbocycles. The molecule has 2 amide bonds. The number of aryl methyl sites for hydroxylation is 1. The van der Waals surface area contributed by atoms with Crippen molar-refractivity contribution in [1.29, 1.82) is 0 Å². The minimum Gasteiger partial charge on any atom is -0.454 e. The lowest BCUT2D eigenvalue weighted by atomic mass is 10.1. The highest BCUT2D eigenvalue weighted by molar-refractivity contribution is 6.00. The minimum absolute atomic E-state index is 0.00412. The van der Waals surface area contributed by atoms with Crippen LogP contribution < -0.4 is 20.2 Å². The van der Waals surface area contributed by atoms with Gasteiger partial charge < -0.3 is 24.3 Å². The summed E-state index contributed by atoms with van der Waals surface area (Å²) in [5.41, 5.74) is 1.51. The second kappa shape index (κ2) is 10.0. The molecule has 3 heterocycles. The number of carbonyl (C=O) groups excluding carboxylic acids is 2. The van der Waals surface area contributed by atoms with Gasteiger partial charge in [-0.3, -0.25) is 19.3 Å². The van der Waals surface area contributed by atoms with E-state index in [9.17, 15) is 14.4 Å². The Labute approximate surface area is 209 Å². The highest BCUT2D eigenvalue weighted by Gasteiger charge is 2.27. The maximum absolute atomic E-state index is 13.2. The Hall–Kier alpha value is -3.85. The van der Waals surface area contributed by atoms with Gasteiger partial charge in [0, 0.05) is 51.5 Å². The number of nitrogens with zero attached hydrogens (tertiary/aromatic N) is 3. The van der Waals surface area contributed by atoms with Crippen LogP contribution in [0.1, 0.15) is 29.8 Å². The molecule has 1 aromatic heterocycles. The van der Waals surface area contributed by atoms with Gasteiger partial charge >= 0.3 is 0 Å². The Morgan fingerprint density at radius 2 is 1.72 bits per heavy atom. The number of hydrogen-bond donors (Lipinski definition) is 1. The van der Waals surface area contributed by atoms with Crippen molar-refractivity contribution in [3.05, 3.63) is 70.0 Å². The van der Waals surface area contributed by atoms with Crippen LogP contribution in [-0.4, -0.2) is 65.2 Å². The molecule has 36 heavy (non-hydrogen) atoms. The molecular weight excluding hydrogens is 460 g/mol. The highest BCUT2D eigenvalue weighted by Crippen LogP contribution is 2.35. The van der Waals surface area contributed by atoms with E-state index in [-0.39, 0.29) is 18.3 Å². The molecule has 9 nitrogen and oxygen atoms in total. The van der Waals surface area contributed by atoms with Crippen molar-refractivity contribution in [3.63, 3.8) is 0 Å². The molecule has 0 unspecified atom stereocenters. The van der Waals surface area contributed by atoms with Gasteiger partial charge in [0.25, 0.3) is 5.91 Å². The van der Waals surface area contributed by atoms with Gasteiger partial charge in [-0.25, -0.2) is 0 Å². The number of fused-ring (bicyclic) bond motifs is 2. The van der Waals surface area contributed by atoms with E-state index in [1.54, 1.807) is 30.2 Å². The summed E-state index contributed by atoms with van der Waals surface area (Å²) in [4.78, 5) is 43.5. The summed E-state index contributed by atoms with van der Waals surface area (Å²) in [6.45, 7) is 7.81. The molecule has 2 aliphatic heterocycles. The first-order valence-electron chi connectivity index (χ1n) is 12.3. The number of rotatable bonds is 6. The van der Waals surface area contributed by atoms with Crippen LogP contribution in [0, 0.1) is 0 Å². The Kier molecular flexibility index (Phi) is 6.65. The van der Waals surface area contributed by atoms with E-state index < -0.39 is 17.4 Å². The van der Waals surface area contributed by atoms with Gasteiger partial charge in [-0.1, -0.05) is 30.3 Å². The summed E-state index contributed by atoms with van der Waals surface area (Å²) in [6.07, 6.45) is 1.54. The molecule has 0 saturated carbocycles. The summed E-state index contributed by atoms with van der Waals surface area (Å²) >= 11 is 0. The number of ether oxygens (including phenoxy) is 2. The van der Waals surface area contributed by atoms with Crippen molar-refractivity contribution in [3.8, 4) is 11.5 Å². The number of carbonyl (C=O) groups is 2. The fraction of sp³-hybridized carbons (Fsp3) is 0.370. The third kappa shape index (κ3) is 4.66. The molecule has 3 aromatic rings. The van der Waals surface area contributed by atoms with Crippen molar-refractivity contribution in [1.82, 2.24) is 19.7 Å². The standard InChI is InChI=1S/C27H30N4O5/c1-3-30-16-21(25(32)20-13-23-24(14-22(20)30)36-17-35-23)26(33)28-18(2)27(34)31-11-9-29(10-12-31)15-19-7-5-4-6-8-19/h4-8,13-14,16,18H,3,9-12,15,17H2,1-2H3,(H,28,33)/t18-/m0/s1. The molecular formula is C27H30N4O5. The lowest BCUT2D eigenvalue weighted by Gasteiger charge is -2.36. The number of aromatic nitrogens is 1. The zero-order valence-corrected chi connectivity index (χ0v) is 20.5. The average Bonchev–Trinajstić information content (AvgIpc) is 3.36. The predicted octanol–water partition coefficient (Wildman–Crippen LogP) is 2.21. The van der Waals surface area contributed by atoms with Crippen LogP contribution >= 0.6 is 0 Å². The highest BCUT2D eigenvalue weighted by atomic mass is 16.7. The molecule has 0 radical (unpaired) electrons. The largest absolute Gasteiger partial charge is 0.454 e. The quantitative estimate of drug-likeness (QED) is 0.570. The summed E-state index contributed by atoms with van der Waals surface area (Å²) in [5.74, 6) is 0.340. The number of benzene rings is 2. The van der Waals surface area contributed by atoms with Crippen LogP contribution in [-0.2, 0) is 17.9 Å². The molecule has 1 atom stereocenters. The molecule has 2 aliphatic rings. The SMILES string of the molecule is CCn1cc(C(=O)N[C@@H](C)C(=O)N2CCN(Cc3ccccc3)CC2)c(=O)c2cc3c(cc21)OCO3. The lowest BCUT2D eigenvalue weighted by Crippen LogP contribution is -2.54. The Bertz CT molecular complexity index is 1350.